The van der Waals surface area contributed by atoms with E-state index < -0.39 is 43.9 Å². The van der Waals surface area contributed by atoms with Gasteiger partial charge in [0.15, 0.2) is 0 Å². The number of nitrogens with two attached hydrogens (primary N) is 1. The smallest absolute Gasteiger partial charge is 0.353 e. The number of hydrogen-bond acceptors (Lipinski definition) is 7. The lowest BCUT2D eigenvalue weighted by Gasteiger charge is -2.52. The number of carboxylic acid groups (broad SMARTS) is 1. The summed E-state index contributed by atoms with van der Waals surface area (Å²) in [5.74, 6) is -2.55. The van der Waals surface area contributed by atoms with Gasteiger partial charge in [0.1, 0.15) is 5.70 Å². The maximum Gasteiger partial charge on any atom is 0.353 e. The minimum absolute atomic E-state index is 0.00536. The summed E-state index contributed by atoms with van der Waals surface area (Å²) in [6.07, 6.45) is 0.624. The average Bonchev–Trinajstić information content (AvgIpc) is 3.07. The molecule has 0 spiro atoms. The van der Waals surface area contributed by atoms with E-state index in [0.29, 0.717) is 17.9 Å². The van der Waals surface area contributed by atoms with Crippen LogP contribution < -0.4 is 15.2 Å². The van der Waals surface area contributed by atoms with Crippen molar-refractivity contribution in [2.45, 2.75) is 77.3 Å². The topological polar surface area (TPSA) is 162 Å². The predicted octanol–water partition coefficient (Wildman–Crippen LogP) is 0.839. The number of nitrogens with one attached hydrogen (secondary N) is 2. The van der Waals surface area contributed by atoms with Crippen molar-refractivity contribution >= 4 is 33.8 Å². The molecule has 0 radical (unpaired) electrons. The number of carbonyl (C=O) groups is 2. The first-order valence-electron chi connectivity index (χ1n) is 11.6. The highest BCUT2D eigenvalue weighted by atomic mass is 32.2. The molecular weight excluding hydrogens is 480 g/mol. The molecule has 194 valence electrons. The van der Waals surface area contributed by atoms with Crippen molar-refractivity contribution < 1.29 is 28.2 Å². The fourth-order valence-corrected chi connectivity index (χ4v) is 7.64. The van der Waals surface area contributed by atoms with E-state index in [4.69, 9.17) is 5.14 Å². The van der Waals surface area contributed by atoms with Gasteiger partial charge in [0, 0.05) is 34.7 Å². The van der Waals surface area contributed by atoms with Gasteiger partial charge in [0.2, 0.25) is 5.91 Å². The quantitative estimate of drug-likeness (QED) is 0.281. The van der Waals surface area contributed by atoms with Gasteiger partial charge in [-0.25, -0.2) is 14.7 Å². The number of aliphatic hydroxyl groups is 1. The van der Waals surface area contributed by atoms with Crippen LogP contribution in [0.15, 0.2) is 10.6 Å². The fraction of sp³-hybridized carbons (Fsp3) is 0.818. The van der Waals surface area contributed by atoms with Crippen LogP contribution in [0, 0.1) is 23.2 Å². The molecule has 3 aliphatic rings. The molecule has 3 rings (SSSR count). The number of fused-ring (bicyclic) bond motifs is 1. The number of hydrogen-bond donors (Lipinski definition) is 5. The molecule has 6 N–H and O–H groups in total. The van der Waals surface area contributed by atoms with Crippen LogP contribution in [-0.4, -0.2) is 70.9 Å². The summed E-state index contributed by atoms with van der Waals surface area (Å²) in [6.45, 7) is 14.0. The predicted molar refractivity (Wildman–Crippen MR) is 131 cm³/mol. The first-order valence-corrected chi connectivity index (χ1v) is 14.0. The molecule has 0 unspecified atom stereocenters. The van der Waals surface area contributed by atoms with E-state index >= 15 is 0 Å². The van der Waals surface area contributed by atoms with Crippen molar-refractivity contribution in [3.8, 4) is 0 Å². The first-order chi connectivity index (χ1) is 15.4. The molecule has 0 saturated carbocycles. The second kappa shape index (κ2) is 8.74. The van der Waals surface area contributed by atoms with Crippen molar-refractivity contribution in [1.29, 1.82) is 0 Å². The Bertz CT molecular complexity index is 1010. The minimum atomic E-state index is -3.85. The van der Waals surface area contributed by atoms with Crippen LogP contribution in [0.1, 0.15) is 54.9 Å². The first kappa shape index (κ1) is 27.4. The van der Waals surface area contributed by atoms with Crippen molar-refractivity contribution in [2.75, 3.05) is 13.1 Å². The lowest BCUT2D eigenvalue weighted by molar-refractivity contribution is -0.179. The molecule has 2 saturated heterocycles. The summed E-state index contributed by atoms with van der Waals surface area (Å²) in [6, 6.07) is -0.629. The highest BCUT2D eigenvalue weighted by molar-refractivity contribution is 8.04. The van der Waals surface area contributed by atoms with Crippen LogP contribution in [0.2, 0.25) is 0 Å². The molecule has 0 bridgehead atoms. The van der Waals surface area contributed by atoms with Gasteiger partial charge < -0.3 is 20.4 Å². The van der Waals surface area contributed by atoms with Gasteiger partial charge in [-0.05, 0) is 31.6 Å². The Morgan fingerprint density at radius 1 is 1.38 bits per heavy atom. The third-order valence-electron chi connectivity index (χ3n) is 8.55. The van der Waals surface area contributed by atoms with E-state index in [2.05, 4.69) is 10.0 Å². The maximum absolute atomic E-state index is 13.2. The van der Waals surface area contributed by atoms with E-state index in [0.717, 1.165) is 0 Å². The number of carbonyl (C=O) groups excluding carboxylic acids is 1. The Balaban J connectivity index is 1.96. The highest BCUT2D eigenvalue weighted by Crippen LogP contribution is 2.59. The maximum atomic E-state index is 13.2. The third kappa shape index (κ3) is 4.20. The second-order valence-electron chi connectivity index (χ2n) is 11.0. The highest BCUT2D eigenvalue weighted by Gasteiger charge is 2.66. The molecule has 3 heterocycles. The molecule has 1 amide bonds. The molecule has 0 aliphatic carbocycles. The number of β-lactam (4-membered cyclic amide) rings is 1. The van der Waals surface area contributed by atoms with Crippen LogP contribution in [0.3, 0.4) is 0 Å². The van der Waals surface area contributed by atoms with Crippen LogP contribution in [-0.2, 0) is 19.8 Å². The van der Waals surface area contributed by atoms with Gasteiger partial charge in [-0.2, -0.15) is 8.42 Å². The molecule has 3 aliphatic heterocycles. The zero-order valence-electron chi connectivity index (χ0n) is 20.9. The van der Waals surface area contributed by atoms with E-state index in [1.807, 2.05) is 41.5 Å². The molecule has 0 aromatic heterocycles. The zero-order chi connectivity index (χ0) is 26.0. The lowest BCUT2D eigenvalue weighted by Crippen LogP contribution is -2.68. The van der Waals surface area contributed by atoms with E-state index in [9.17, 15) is 28.2 Å². The van der Waals surface area contributed by atoms with Gasteiger partial charge in [-0.3, -0.25) is 4.79 Å². The van der Waals surface area contributed by atoms with Crippen molar-refractivity contribution in [3.63, 3.8) is 0 Å². The molecule has 34 heavy (non-hydrogen) atoms. The summed E-state index contributed by atoms with van der Waals surface area (Å²) < 4.78 is 24.7. The van der Waals surface area contributed by atoms with E-state index in [1.165, 1.54) is 16.7 Å². The Labute approximate surface area is 206 Å². The minimum Gasteiger partial charge on any atom is -0.477 e. The average molecular weight is 519 g/mol. The Kier molecular flexibility index (Phi) is 7.04. The van der Waals surface area contributed by atoms with Crippen LogP contribution in [0.4, 0.5) is 0 Å². The summed E-state index contributed by atoms with van der Waals surface area (Å²) in [4.78, 5) is 27.6. The molecule has 0 aromatic rings. The molecule has 6 atom stereocenters. The fourth-order valence-electron chi connectivity index (χ4n) is 5.45. The summed E-state index contributed by atoms with van der Waals surface area (Å²) in [5.41, 5.74) is -1.70. The third-order valence-corrected chi connectivity index (χ3v) is 11.0. The number of amides is 1. The number of rotatable bonds is 9. The van der Waals surface area contributed by atoms with Crippen molar-refractivity contribution in [1.82, 2.24) is 14.9 Å². The summed E-state index contributed by atoms with van der Waals surface area (Å²) in [5, 5.41) is 29.7. The van der Waals surface area contributed by atoms with Crippen molar-refractivity contribution in [3.05, 3.63) is 10.6 Å². The van der Waals surface area contributed by atoms with Gasteiger partial charge in [0.05, 0.1) is 17.6 Å². The van der Waals surface area contributed by atoms with Crippen LogP contribution in [0.5, 0.6) is 0 Å². The SMILES string of the molecule is CC[C@H]1C(S[C@]2(C)CN[C@H](CNS(N)(=O)=O)C2(C)C)=C(C(=O)O)N2C(=O)[C@H]([C@](C)(O)C(C)C)[C@@H]12. The Morgan fingerprint density at radius 3 is 2.44 bits per heavy atom. The van der Waals surface area contributed by atoms with Gasteiger partial charge in [-0.1, -0.05) is 34.6 Å². The number of carboxylic acids is 1. The van der Waals surface area contributed by atoms with Crippen molar-refractivity contribution in [2.24, 2.45) is 28.3 Å². The molecule has 2 fully saturated rings. The van der Waals surface area contributed by atoms with Gasteiger partial charge in [0.25, 0.3) is 10.2 Å². The lowest BCUT2D eigenvalue weighted by atomic mass is 9.67. The summed E-state index contributed by atoms with van der Waals surface area (Å²) in [7, 11) is -3.85. The summed E-state index contributed by atoms with van der Waals surface area (Å²) >= 11 is 1.45. The monoisotopic (exact) mass is 518 g/mol. The zero-order valence-corrected chi connectivity index (χ0v) is 22.5. The van der Waals surface area contributed by atoms with Gasteiger partial charge >= 0.3 is 5.97 Å². The number of aliphatic carboxylic acids is 1. The van der Waals surface area contributed by atoms with E-state index in [-0.39, 0.29) is 36.0 Å². The molecule has 10 nitrogen and oxygen atoms in total. The van der Waals surface area contributed by atoms with Crippen LogP contribution >= 0.6 is 11.8 Å². The van der Waals surface area contributed by atoms with E-state index in [1.54, 1.807) is 6.92 Å². The van der Waals surface area contributed by atoms with Crippen LogP contribution in [0.25, 0.3) is 0 Å². The normalized spacial score (nSPS) is 34.9. The number of thioether (sulfide) groups is 1. The molecule has 0 aromatic carbocycles. The Hall–Kier alpha value is -1.18. The standard InChI is InChI=1S/C22H38N4O6S2/c1-8-12-15-14(22(7,30)11(2)3)18(27)26(15)16(19(28)29)17(12)33-21(6)10-24-13(20(21,4)5)9-25-34(23,31)32/h11-15,24-25,30H,8-10H2,1-7H3,(H,28,29)(H2,23,31,32)/t12-,13-,14-,15-,21-,22-/m1/s1. The second-order valence-corrected chi connectivity index (χ2v) is 13.9. The van der Waals surface area contributed by atoms with Gasteiger partial charge in [-0.15, -0.1) is 11.8 Å². The number of nitrogens with zero attached hydrogens (tertiary/aromatic N) is 1. The molecular formula is C22H38N4O6S2. The molecule has 12 heteroatoms. The Morgan fingerprint density at radius 2 is 1.97 bits per heavy atom. The largest absolute Gasteiger partial charge is 0.477 e.